The van der Waals surface area contributed by atoms with Crippen LogP contribution in [0.4, 0.5) is 5.69 Å². The van der Waals surface area contributed by atoms with Crippen molar-refractivity contribution >= 4 is 34.9 Å². The summed E-state index contributed by atoms with van der Waals surface area (Å²) in [5, 5.41) is 6.19. The summed E-state index contributed by atoms with van der Waals surface area (Å²) in [6.07, 6.45) is 1.82. The van der Waals surface area contributed by atoms with E-state index < -0.39 is 0 Å². The summed E-state index contributed by atoms with van der Waals surface area (Å²) < 4.78 is 5.52. The van der Waals surface area contributed by atoms with Crippen LogP contribution in [-0.2, 0) is 16.0 Å². The summed E-state index contributed by atoms with van der Waals surface area (Å²) in [6.45, 7) is 3.58. The Morgan fingerprint density at radius 2 is 1.76 bits per heavy atom. The van der Waals surface area contributed by atoms with Crippen molar-refractivity contribution in [1.29, 1.82) is 0 Å². The molecule has 0 aliphatic rings. The molecule has 2 amide bonds. The van der Waals surface area contributed by atoms with Crippen LogP contribution in [0.2, 0.25) is 5.02 Å². The maximum absolute atomic E-state index is 12.0. The van der Waals surface area contributed by atoms with Gasteiger partial charge in [-0.1, -0.05) is 30.7 Å². The summed E-state index contributed by atoms with van der Waals surface area (Å²) in [5.41, 5.74) is 1.90. The summed E-state index contributed by atoms with van der Waals surface area (Å²) in [5.74, 6) is -0.307. The Hall–Kier alpha value is -2.86. The van der Waals surface area contributed by atoms with E-state index in [9.17, 15) is 14.4 Å². The minimum absolute atomic E-state index is 0.115. The van der Waals surface area contributed by atoms with Crippen LogP contribution < -0.4 is 15.4 Å². The zero-order valence-electron chi connectivity index (χ0n) is 16.6. The van der Waals surface area contributed by atoms with E-state index in [1.54, 1.807) is 30.3 Å². The molecule has 0 saturated heterocycles. The van der Waals surface area contributed by atoms with Crippen molar-refractivity contribution in [2.75, 3.05) is 18.5 Å². The second-order valence-electron chi connectivity index (χ2n) is 6.58. The third-order valence-electron chi connectivity index (χ3n) is 4.13. The Bertz CT molecular complexity index is 866. The number of Topliss-reactive ketones (excluding diaryl/α,β-unsaturated/α-hetero) is 1. The molecule has 0 aliphatic heterocycles. The molecule has 0 aliphatic carbocycles. The van der Waals surface area contributed by atoms with Gasteiger partial charge in [-0.2, -0.15) is 0 Å². The molecule has 0 saturated carbocycles. The molecule has 0 unspecified atom stereocenters. The molecule has 2 N–H and O–H groups in total. The number of carbonyl (C=O) groups is 3. The molecule has 2 aromatic carbocycles. The monoisotopic (exact) mass is 416 g/mol. The lowest BCUT2D eigenvalue weighted by atomic mass is 10.1. The van der Waals surface area contributed by atoms with Crippen LogP contribution in [0, 0.1) is 0 Å². The first-order chi connectivity index (χ1) is 13.9. The number of hydrogen-bond donors (Lipinski definition) is 2. The molecule has 0 radical (unpaired) electrons. The first kappa shape index (κ1) is 22.4. The molecule has 0 fully saturated rings. The molecule has 6 nitrogen and oxygen atoms in total. The van der Waals surface area contributed by atoms with Crippen LogP contribution >= 0.6 is 11.6 Å². The number of carbonyl (C=O) groups excluding carboxylic acids is 3. The first-order valence-corrected chi connectivity index (χ1v) is 9.85. The predicted octanol–water partition coefficient (Wildman–Crippen LogP) is 4.02. The highest BCUT2D eigenvalue weighted by atomic mass is 35.5. The van der Waals surface area contributed by atoms with E-state index in [0.29, 0.717) is 41.4 Å². The van der Waals surface area contributed by atoms with E-state index >= 15 is 0 Å². The standard InChI is InChI=1S/C22H25ClN2O4/c1-3-4-21(27)25-18-9-10-20(19(13-18)15(2)26)29-14-22(28)24-12-11-16-5-7-17(23)8-6-16/h5-10,13H,3-4,11-12,14H2,1-2H3,(H,24,28)(H,25,27). The highest BCUT2D eigenvalue weighted by molar-refractivity contribution is 6.30. The summed E-state index contributed by atoms with van der Waals surface area (Å²) in [7, 11) is 0. The minimum atomic E-state index is -0.284. The maximum atomic E-state index is 12.0. The van der Waals surface area contributed by atoms with Crippen LogP contribution in [0.3, 0.4) is 0 Å². The van der Waals surface area contributed by atoms with E-state index in [1.165, 1.54) is 6.92 Å². The summed E-state index contributed by atoms with van der Waals surface area (Å²) in [4.78, 5) is 35.7. The van der Waals surface area contributed by atoms with E-state index in [0.717, 1.165) is 12.0 Å². The molecule has 0 atom stereocenters. The maximum Gasteiger partial charge on any atom is 0.257 e. The number of nitrogens with one attached hydrogen (secondary N) is 2. The third kappa shape index (κ3) is 7.58. The molecule has 0 bridgehead atoms. The highest BCUT2D eigenvalue weighted by Crippen LogP contribution is 2.23. The van der Waals surface area contributed by atoms with Gasteiger partial charge < -0.3 is 15.4 Å². The fourth-order valence-electron chi connectivity index (χ4n) is 2.65. The van der Waals surface area contributed by atoms with Gasteiger partial charge in [0.1, 0.15) is 5.75 Å². The number of amides is 2. The van der Waals surface area contributed by atoms with Crippen molar-refractivity contribution in [3.8, 4) is 5.75 Å². The molecular formula is C22H25ClN2O4. The molecule has 154 valence electrons. The molecule has 2 rings (SSSR count). The van der Waals surface area contributed by atoms with Crippen molar-refractivity contribution in [1.82, 2.24) is 5.32 Å². The largest absolute Gasteiger partial charge is 0.483 e. The Balaban J connectivity index is 1.87. The SMILES string of the molecule is CCCC(=O)Nc1ccc(OCC(=O)NCCc2ccc(Cl)cc2)c(C(C)=O)c1. The van der Waals surface area contributed by atoms with Gasteiger partial charge in [0.2, 0.25) is 5.91 Å². The van der Waals surface area contributed by atoms with Crippen LogP contribution in [0.5, 0.6) is 5.75 Å². The molecular weight excluding hydrogens is 392 g/mol. The fourth-order valence-corrected chi connectivity index (χ4v) is 2.78. The third-order valence-corrected chi connectivity index (χ3v) is 4.38. The van der Waals surface area contributed by atoms with Crippen molar-refractivity contribution in [2.24, 2.45) is 0 Å². The quantitative estimate of drug-likeness (QED) is 0.573. The zero-order chi connectivity index (χ0) is 21.2. The Kier molecular flexibility index (Phi) is 8.68. The molecule has 2 aromatic rings. The van der Waals surface area contributed by atoms with Crippen molar-refractivity contribution in [2.45, 2.75) is 33.1 Å². The zero-order valence-corrected chi connectivity index (χ0v) is 17.3. The number of ketones is 1. The van der Waals surface area contributed by atoms with Crippen LogP contribution in [0.1, 0.15) is 42.6 Å². The molecule has 0 spiro atoms. The van der Waals surface area contributed by atoms with E-state index in [4.69, 9.17) is 16.3 Å². The number of rotatable bonds is 10. The normalized spacial score (nSPS) is 10.3. The van der Waals surface area contributed by atoms with Gasteiger partial charge in [-0.15, -0.1) is 0 Å². The number of ether oxygens (including phenoxy) is 1. The van der Waals surface area contributed by atoms with Crippen molar-refractivity contribution < 1.29 is 19.1 Å². The number of anilines is 1. The van der Waals surface area contributed by atoms with Crippen LogP contribution in [-0.4, -0.2) is 30.7 Å². The van der Waals surface area contributed by atoms with Crippen molar-refractivity contribution in [3.63, 3.8) is 0 Å². The van der Waals surface area contributed by atoms with Crippen LogP contribution in [0.15, 0.2) is 42.5 Å². The molecule has 0 heterocycles. The van der Waals surface area contributed by atoms with Gasteiger partial charge in [-0.25, -0.2) is 0 Å². The lowest BCUT2D eigenvalue weighted by molar-refractivity contribution is -0.123. The Morgan fingerprint density at radius 1 is 1.03 bits per heavy atom. The Morgan fingerprint density at radius 3 is 2.41 bits per heavy atom. The summed E-state index contributed by atoms with van der Waals surface area (Å²) >= 11 is 5.85. The van der Waals surface area contributed by atoms with E-state index in [2.05, 4.69) is 10.6 Å². The van der Waals surface area contributed by atoms with Crippen molar-refractivity contribution in [3.05, 3.63) is 58.6 Å². The molecule has 0 aromatic heterocycles. The van der Waals surface area contributed by atoms with Gasteiger partial charge in [-0.05, 0) is 55.7 Å². The average molecular weight is 417 g/mol. The van der Waals surface area contributed by atoms with Gasteiger partial charge >= 0.3 is 0 Å². The number of benzene rings is 2. The van der Waals surface area contributed by atoms with Gasteiger partial charge in [-0.3, -0.25) is 14.4 Å². The highest BCUT2D eigenvalue weighted by Gasteiger charge is 2.13. The average Bonchev–Trinajstić information content (AvgIpc) is 2.68. The molecule has 7 heteroatoms. The smallest absolute Gasteiger partial charge is 0.257 e. The number of halogens is 1. The van der Waals surface area contributed by atoms with Gasteiger partial charge in [0.05, 0.1) is 5.56 Å². The summed E-state index contributed by atoms with van der Waals surface area (Å²) in [6, 6.07) is 12.2. The molecule has 29 heavy (non-hydrogen) atoms. The second kappa shape index (κ2) is 11.2. The lowest BCUT2D eigenvalue weighted by Crippen LogP contribution is -2.30. The fraction of sp³-hybridized carbons (Fsp3) is 0.318. The van der Waals surface area contributed by atoms with Gasteiger partial charge in [0.15, 0.2) is 12.4 Å². The van der Waals surface area contributed by atoms with Crippen LogP contribution in [0.25, 0.3) is 0 Å². The first-order valence-electron chi connectivity index (χ1n) is 9.47. The van der Waals surface area contributed by atoms with E-state index in [-0.39, 0.29) is 24.2 Å². The predicted molar refractivity (Wildman–Crippen MR) is 114 cm³/mol. The Labute approximate surface area is 175 Å². The lowest BCUT2D eigenvalue weighted by Gasteiger charge is -2.12. The van der Waals surface area contributed by atoms with Gasteiger partial charge in [0.25, 0.3) is 5.91 Å². The van der Waals surface area contributed by atoms with Gasteiger partial charge in [0, 0.05) is 23.7 Å². The van der Waals surface area contributed by atoms with E-state index in [1.807, 2.05) is 19.1 Å². The minimum Gasteiger partial charge on any atom is -0.483 e. The second-order valence-corrected chi connectivity index (χ2v) is 7.02. The topological polar surface area (TPSA) is 84.5 Å². The number of hydrogen-bond acceptors (Lipinski definition) is 4.